The first kappa shape index (κ1) is 22.8. The van der Waals surface area contributed by atoms with Crippen LogP contribution in [-0.4, -0.2) is 39.4 Å². The highest BCUT2D eigenvalue weighted by Crippen LogP contribution is 2.22. The molecule has 4 aromatic rings. The summed E-state index contributed by atoms with van der Waals surface area (Å²) in [6.07, 6.45) is 1.45. The Labute approximate surface area is 193 Å². The fourth-order valence-electron chi connectivity index (χ4n) is 2.90. The number of carbonyl (C=O) groups is 1. The van der Waals surface area contributed by atoms with E-state index in [0.29, 0.717) is 22.6 Å². The van der Waals surface area contributed by atoms with Crippen LogP contribution in [0.5, 0.6) is 0 Å². The monoisotopic (exact) mass is 484 g/mol. The summed E-state index contributed by atoms with van der Waals surface area (Å²) in [5, 5.41) is 9.21. The van der Waals surface area contributed by atoms with Crippen molar-refractivity contribution in [2.45, 2.75) is 32.2 Å². The Morgan fingerprint density at radius 2 is 1.88 bits per heavy atom. The van der Waals surface area contributed by atoms with Crippen LogP contribution in [-0.2, 0) is 21.4 Å². The van der Waals surface area contributed by atoms with Crippen LogP contribution in [0, 0.1) is 13.8 Å². The number of nitrogens with one attached hydrogen (secondary N) is 4. The molecule has 0 saturated heterocycles. The highest BCUT2D eigenvalue weighted by molar-refractivity contribution is 7.92. The highest BCUT2D eigenvalue weighted by atomic mass is 32.2. The Kier molecular flexibility index (Phi) is 5.98. The van der Waals surface area contributed by atoms with E-state index in [2.05, 4.69) is 40.4 Å². The van der Waals surface area contributed by atoms with Gasteiger partial charge in [0.15, 0.2) is 11.2 Å². The zero-order valence-electron chi connectivity index (χ0n) is 18.3. The van der Waals surface area contributed by atoms with Crippen LogP contribution in [0.25, 0.3) is 11.2 Å². The van der Waals surface area contributed by atoms with E-state index in [-0.39, 0.29) is 40.3 Å². The second kappa shape index (κ2) is 8.90. The van der Waals surface area contributed by atoms with Gasteiger partial charge in [-0.1, -0.05) is 5.16 Å². The van der Waals surface area contributed by atoms with Crippen molar-refractivity contribution in [3.8, 4) is 0 Å². The van der Waals surface area contributed by atoms with Crippen LogP contribution >= 0.6 is 0 Å². The van der Waals surface area contributed by atoms with Crippen LogP contribution in [0.15, 0.2) is 44.7 Å². The van der Waals surface area contributed by atoms with Crippen molar-refractivity contribution in [1.82, 2.24) is 25.1 Å². The van der Waals surface area contributed by atoms with Crippen molar-refractivity contribution in [3.05, 3.63) is 57.8 Å². The summed E-state index contributed by atoms with van der Waals surface area (Å²) in [6, 6.07) is 6.06. The number of fused-ring (bicyclic) bond motifs is 1. The quantitative estimate of drug-likeness (QED) is 0.301. The standard InChI is InChI=1S/C20H20N8O5S/c1-10-11(2)27-33-19(10)28-34(31,32)15-6-4-13(5-7-15)21-8-14-9-22-17-16(24-14)18(30)26-20(25-17)23-12(3)29/h4-7,9,21,28H,8H2,1-3H3,(H2,22,23,25,26,29,30). The number of aromatic nitrogens is 5. The predicted octanol–water partition coefficient (Wildman–Crippen LogP) is 1.69. The molecule has 0 saturated carbocycles. The smallest absolute Gasteiger partial charge is 0.280 e. The average molecular weight is 484 g/mol. The molecule has 3 aromatic heterocycles. The molecule has 3 heterocycles. The first-order valence-corrected chi connectivity index (χ1v) is 11.4. The van der Waals surface area contributed by atoms with Gasteiger partial charge in [-0.2, -0.15) is 4.98 Å². The van der Waals surface area contributed by atoms with Gasteiger partial charge in [0.25, 0.3) is 15.6 Å². The minimum absolute atomic E-state index is 0.0108. The lowest BCUT2D eigenvalue weighted by Crippen LogP contribution is -2.18. The number of rotatable bonds is 7. The minimum Gasteiger partial charge on any atom is -0.379 e. The van der Waals surface area contributed by atoms with Gasteiger partial charge in [0.05, 0.1) is 29.0 Å². The van der Waals surface area contributed by atoms with E-state index >= 15 is 0 Å². The number of carbonyl (C=O) groups excluding carboxylic acids is 1. The van der Waals surface area contributed by atoms with Crippen LogP contribution in [0.3, 0.4) is 0 Å². The van der Waals surface area contributed by atoms with Gasteiger partial charge in [-0.25, -0.2) is 23.1 Å². The number of nitrogens with zero attached hydrogens (tertiary/aromatic N) is 4. The fourth-order valence-corrected chi connectivity index (χ4v) is 3.95. The number of hydrogen-bond donors (Lipinski definition) is 4. The highest BCUT2D eigenvalue weighted by Gasteiger charge is 2.19. The Balaban J connectivity index is 1.45. The topological polar surface area (TPSA) is 185 Å². The van der Waals surface area contributed by atoms with E-state index in [0.717, 1.165) is 0 Å². The molecule has 1 aromatic carbocycles. The number of anilines is 3. The second-order valence-corrected chi connectivity index (χ2v) is 9.02. The molecule has 4 N–H and O–H groups in total. The summed E-state index contributed by atoms with van der Waals surface area (Å²) in [5.74, 6) is -0.319. The maximum Gasteiger partial charge on any atom is 0.280 e. The van der Waals surface area contributed by atoms with Crippen molar-refractivity contribution < 1.29 is 17.7 Å². The number of aromatic amines is 1. The molecule has 0 bridgehead atoms. The Bertz CT molecular complexity index is 1540. The molecule has 14 heteroatoms. The largest absolute Gasteiger partial charge is 0.379 e. The van der Waals surface area contributed by atoms with Gasteiger partial charge >= 0.3 is 0 Å². The van der Waals surface area contributed by atoms with Crippen molar-refractivity contribution >= 4 is 44.6 Å². The van der Waals surface area contributed by atoms with Crippen LogP contribution in [0.1, 0.15) is 23.9 Å². The molecule has 0 aliphatic heterocycles. The van der Waals surface area contributed by atoms with E-state index in [1.165, 1.54) is 25.3 Å². The molecular formula is C20H20N8O5S. The molecule has 0 atom stereocenters. The third-order valence-electron chi connectivity index (χ3n) is 4.78. The van der Waals surface area contributed by atoms with Gasteiger partial charge in [0.2, 0.25) is 17.7 Å². The molecule has 1 amide bonds. The molecule has 4 rings (SSSR count). The number of benzene rings is 1. The number of hydrogen-bond acceptors (Lipinski definition) is 10. The third-order valence-corrected chi connectivity index (χ3v) is 6.13. The van der Waals surface area contributed by atoms with Crippen LogP contribution in [0.4, 0.5) is 17.5 Å². The summed E-state index contributed by atoms with van der Waals surface area (Å²) in [7, 11) is -3.85. The second-order valence-electron chi connectivity index (χ2n) is 7.33. The minimum atomic E-state index is -3.85. The van der Waals surface area contributed by atoms with E-state index < -0.39 is 15.6 Å². The normalized spacial score (nSPS) is 11.4. The number of H-pyrrole nitrogens is 1. The van der Waals surface area contributed by atoms with Crippen molar-refractivity contribution in [1.29, 1.82) is 0 Å². The first-order chi connectivity index (χ1) is 16.1. The first-order valence-electron chi connectivity index (χ1n) is 9.95. The summed E-state index contributed by atoms with van der Waals surface area (Å²) in [6.45, 7) is 4.93. The van der Waals surface area contributed by atoms with Gasteiger partial charge in [-0.3, -0.25) is 19.9 Å². The molecule has 0 unspecified atom stereocenters. The molecule has 34 heavy (non-hydrogen) atoms. The van der Waals surface area contributed by atoms with Crippen molar-refractivity contribution in [2.24, 2.45) is 0 Å². The van der Waals surface area contributed by atoms with Crippen molar-refractivity contribution in [2.75, 3.05) is 15.4 Å². The molecule has 0 aliphatic carbocycles. The van der Waals surface area contributed by atoms with Gasteiger partial charge in [0, 0.05) is 18.2 Å². The molecule has 0 radical (unpaired) electrons. The maximum atomic E-state index is 12.6. The molecule has 0 aliphatic rings. The number of aryl methyl sites for hydroxylation is 1. The summed E-state index contributed by atoms with van der Waals surface area (Å²) in [4.78, 5) is 38.3. The van der Waals surface area contributed by atoms with E-state index in [1.807, 2.05) is 0 Å². The van der Waals surface area contributed by atoms with Gasteiger partial charge in [0.1, 0.15) is 0 Å². The SMILES string of the molecule is CC(=O)Nc1nc2ncc(CNc3ccc(S(=O)(=O)Nc4onc(C)c4C)cc3)nc2c(=O)[nH]1. The van der Waals surface area contributed by atoms with Crippen LogP contribution < -0.4 is 20.9 Å². The van der Waals surface area contributed by atoms with Gasteiger partial charge < -0.3 is 9.84 Å². The van der Waals surface area contributed by atoms with Crippen molar-refractivity contribution in [3.63, 3.8) is 0 Å². The third kappa shape index (κ3) is 4.85. The maximum absolute atomic E-state index is 12.6. The number of sulfonamides is 1. The summed E-state index contributed by atoms with van der Waals surface area (Å²) >= 11 is 0. The Morgan fingerprint density at radius 3 is 2.53 bits per heavy atom. The lowest BCUT2D eigenvalue weighted by Gasteiger charge is -2.09. The average Bonchev–Trinajstić information content (AvgIpc) is 3.09. The lowest BCUT2D eigenvalue weighted by molar-refractivity contribution is -0.114. The van der Waals surface area contributed by atoms with E-state index in [1.54, 1.807) is 26.0 Å². The van der Waals surface area contributed by atoms with E-state index in [4.69, 9.17) is 4.52 Å². The van der Waals surface area contributed by atoms with E-state index in [9.17, 15) is 18.0 Å². The summed E-state index contributed by atoms with van der Waals surface area (Å²) in [5.41, 5.74) is 1.87. The lowest BCUT2D eigenvalue weighted by atomic mass is 10.3. The Hall–Kier alpha value is -4.33. The fraction of sp³-hybridized carbons (Fsp3) is 0.200. The molecule has 176 valence electrons. The number of amides is 1. The predicted molar refractivity (Wildman–Crippen MR) is 123 cm³/mol. The van der Waals surface area contributed by atoms with Gasteiger partial charge in [-0.05, 0) is 38.1 Å². The zero-order chi connectivity index (χ0) is 24.5. The zero-order valence-corrected chi connectivity index (χ0v) is 19.1. The van der Waals surface area contributed by atoms with Gasteiger partial charge in [-0.15, -0.1) is 0 Å². The molecular weight excluding hydrogens is 464 g/mol. The molecule has 0 fully saturated rings. The van der Waals surface area contributed by atoms with Crippen LogP contribution in [0.2, 0.25) is 0 Å². The molecule has 0 spiro atoms. The summed E-state index contributed by atoms with van der Waals surface area (Å²) < 4.78 is 32.6. The Morgan fingerprint density at radius 1 is 1.15 bits per heavy atom. The molecule has 13 nitrogen and oxygen atoms in total.